The van der Waals surface area contributed by atoms with Gasteiger partial charge in [-0.2, -0.15) is 10.4 Å². The summed E-state index contributed by atoms with van der Waals surface area (Å²) in [6, 6.07) is 10.8. The minimum absolute atomic E-state index is 0.0510. The fourth-order valence-corrected chi connectivity index (χ4v) is 4.42. The van der Waals surface area contributed by atoms with Gasteiger partial charge in [0.05, 0.1) is 12.7 Å². The molecule has 0 saturated carbocycles. The predicted molar refractivity (Wildman–Crippen MR) is 135 cm³/mol. The van der Waals surface area contributed by atoms with Crippen LogP contribution in [0.1, 0.15) is 39.2 Å². The van der Waals surface area contributed by atoms with Gasteiger partial charge in [0.2, 0.25) is 0 Å². The maximum Gasteiger partial charge on any atom is 0.410 e. The Bertz CT molecular complexity index is 1330. The molecule has 1 aromatic heterocycles. The zero-order valence-corrected chi connectivity index (χ0v) is 21.4. The molecule has 0 N–H and O–H groups in total. The van der Waals surface area contributed by atoms with Gasteiger partial charge in [-0.3, -0.25) is 4.68 Å². The first-order valence-electron chi connectivity index (χ1n) is 12.2. The van der Waals surface area contributed by atoms with E-state index in [-0.39, 0.29) is 23.3 Å². The minimum Gasteiger partial charge on any atom is -0.494 e. The molecular formula is C28H30F2N4O3. The normalized spacial score (nSPS) is 14.4. The maximum absolute atomic E-state index is 14.5. The lowest BCUT2D eigenvalue weighted by molar-refractivity contribution is 0.0177. The molecule has 0 aliphatic carbocycles. The molecule has 7 nitrogen and oxygen atoms in total. The van der Waals surface area contributed by atoms with E-state index in [2.05, 4.69) is 0 Å². The van der Waals surface area contributed by atoms with E-state index in [1.54, 1.807) is 21.7 Å². The fourth-order valence-electron chi connectivity index (χ4n) is 4.42. The Morgan fingerprint density at radius 1 is 1.11 bits per heavy atom. The van der Waals surface area contributed by atoms with Crippen LogP contribution < -0.4 is 4.74 Å². The highest BCUT2D eigenvalue weighted by molar-refractivity contribution is 5.81. The molecule has 37 heavy (non-hydrogen) atoms. The number of piperidine rings is 1. The zero-order chi connectivity index (χ0) is 26.7. The lowest BCUT2D eigenvalue weighted by atomic mass is 9.97. The highest BCUT2D eigenvalue weighted by Gasteiger charge is 2.27. The number of nitrogens with zero attached hydrogens (tertiary/aromatic N) is 4. The summed E-state index contributed by atoms with van der Waals surface area (Å²) in [5.41, 5.74) is 1.59. The van der Waals surface area contributed by atoms with Gasteiger partial charge in [-0.05, 0) is 75.4 Å². The van der Waals surface area contributed by atoms with E-state index in [1.807, 2.05) is 33.0 Å². The average Bonchev–Trinajstić information content (AvgIpc) is 3.27. The van der Waals surface area contributed by atoms with E-state index in [4.69, 9.17) is 19.8 Å². The first kappa shape index (κ1) is 26.1. The molecule has 1 saturated heterocycles. The third kappa shape index (κ3) is 6.08. The van der Waals surface area contributed by atoms with Crippen molar-refractivity contribution in [3.05, 3.63) is 59.8 Å². The molecule has 0 atom stereocenters. The van der Waals surface area contributed by atoms with Crippen LogP contribution in [0.3, 0.4) is 0 Å². The third-order valence-electron chi connectivity index (χ3n) is 6.30. The van der Waals surface area contributed by atoms with Crippen molar-refractivity contribution < 1.29 is 23.0 Å². The summed E-state index contributed by atoms with van der Waals surface area (Å²) < 4.78 is 41.3. The number of hydrogen-bond donors (Lipinski definition) is 0. The SMILES string of the molecule is COc1ccc(-c2nn(CC3CCN(C(=O)OC(C)(C)C)CC3)cc2-c2ccc(C#N)c(F)c2)cc1F. The van der Waals surface area contributed by atoms with Gasteiger partial charge in [0, 0.05) is 37.0 Å². The number of rotatable bonds is 5. The van der Waals surface area contributed by atoms with Gasteiger partial charge >= 0.3 is 6.09 Å². The van der Waals surface area contributed by atoms with E-state index in [1.165, 1.54) is 31.4 Å². The molecular weight excluding hydrogens is 478 g/mol. The third-order valence-corrected chi connectivity index (χ3v) is 6.30. The first-order chi connectivity index (χ1) is 17.6. The lowest BCUT2D eigenvalue weighted by Crippen LogP contribution is -2.42. The zero-order valence-electron chi connectivity index (χ0n) is 21.4. The number of methoxy groups -OCH3 is 1. The van der Waals surface area contributed by atoms with Crippen LogP contribution in [0.4, 0.5) is 13.6 Å². The van der Waals surface area contributed by atoms with Crippen LogP contribution in [0.2, 0.25) is 0 Å². The van der Waals surface area contributed by atoms with Crippen LogP contribution in [0, 0.1) is 28.9 Å². The first-order valence-corrected chi connectivity index (χ1v) is 12.2. The smallest absolute Gasteiger partial charge is 0.410 e. The van der Waals surface area contributed by atoms with Crippen molar-refractivity contribution in [1.82, 2.24) is 14.7 Å². The molecule has 1 amide bonds. The second-order valence-electron chi connectivity index (χ2n) is 10.2. The van der Waals surface area contributed by atoms with E-state index in [9.17, 15) is 13.6 Å². The largest absolute Gasteiger partial charge is 0.494 e. The van der Waals surface area contributed by atoms with Crippen molar-refractivity contribution in [2.24, 2.45) is 5.92 Å². The fraction of sp³-hybridized carbons (Fsp3) is 0.393. The molecule has 0 spiro atoms. The molecule has 194 valence electrons. The quantitative estimate of drug-likeness (QED) is 0.421. The molecule has 0 unspecified atom stereocenters. The second kappa shape index (κ2) is 10.6. The van der Waals surface area contributed by atoms with Crippen molar-refractivity contribution in [1.29, 1.82) is 5.26 Å². The predicted octanol–water partition coefficient (Wildman–Crippen LogP) is 6.02. The molecule has 0 bridgehead atoms. The average molecular weight is 509 g/mol. The van der Waals surface area contributed by atoms with E-state index >= 15 is 0 Å². The number of carbonyl (C=O) groups is 1. The van der Waals surface area contributed by atoms with Crippen molar-refractivity contribution in [2.45, 2.75) is 45.8 Å². The van der Waals surface area contributed by atoms with Gasteiger partial charge in [0.1, 0.15) is 23.2 Å². The molecule has 1 aliphatic heterocycles. The summed E-state index contributed by atoms with van der Waals surface area (Å²) in [7, 11) is 1.39. The highest BCUT2D eigenvalue weighted by atomic mass is 19.1. The molecule has 1 fully saturated rings. The monoisotopic (exact) mass is 508 g/mol. The number of aromatic nitrogens is 2. The Kier molecular flexibility index (Phi) is 7.48. The van der Waals surface area contributed by atoms with Crippen LogP contribution in [-0.4, -0.2) is 46.6 Å². The van der Waals surface area contributed by atoms with Crippen LogP contribution in [0.5, 0.6) is 5.75 Å². The number of benzene rings is 2. The number of halogens is 2. The van der Waals surface area contributed by atoms with Gasteiger partial charge in [-0.15, -0.1) is 0 Å². The summed E-state index contributed by atoms with van der Waals surface area (Å²) in [5.74, 6) is -0.773. The van der Waals surface area contributed by atoms with Crippen molar-refractivity contribution in [2.75, 3.05) is 20.2 Å². The van der Waals surface area contributed by atoms with Crippen LogP contribution >= 0.6 is 0 Å². The minimum atomic E-state index is -0.630. The maximum atomic E-state index is 14.5. The Morgan fingerprint density at radius 3 is 2.38 bits per heavy atom. The van der Waals surface area contributed by atoms with E-state index < -0.39 is 17.2 Å². The Hall–Kier alpha value is -3.93. The van der Waals surface area contributed by atoms with Gasteiger partial charge < -0.3 is 14.4 Å². The van der Waals surface area contributed by atoms with Crippen molar-refractivity contribution in [3.8, 4) is 34.2 Å². The standard InChI is InChI=1S/C28H30F2N4O3/c1-28(2,3)37-27(35)33-11-9-18(10-12-33)16-34-17-22(19-5-6-21(15-31)23(29)13-19)26(32-34)20-7-8-25(36-4)24(30)14-20/h5-8,13-14,17-18H,9-12,16H2,1-4H3. The molecule has 4 rings (SSSR count). The molecule has 3 aromatic rings. The van der Waals surface area contributed by atoms with Gasteiger partial charge in [-0.25, -0.2) is 13.6 Å². The van der Waals surface area contributed by atoms with Crippen molar-refractivity contribution >= 4 is 6.09 Å². The summed E-state index contributed by atoms with van der Waals surface area (Å²) in [6.07, 6.45) is 3.08. The number of nitriles is 1. The van der Waals surface area contributed by atoms with Gasteiger partial charge in [0.25, 0.3) is 0 Å². The second-order valence-corrected chi connectivity index (χ2v) is 10.2. The highest BCUT2D eigenvalue weighted by Crippen LogP contribution is 2.34. The van der Waals surface area contributed by atoms with Crippen LogP contribution in [-0.2, 0) is 11.3 Å². The molecule has 2 heterocycles. The summed E-state index contributed by atoms with van der Waals surface area (Å²) in [6.45, 7) is 7.31. The number of ether oxygens (including phenoxy) is 2. The van der Waals surface area contributed by atoms with Gasteiger partial charge in [-0.1, -0.05) is 6.07 Å². The molecule has 9 heteroatoms. The Labute approximate surface area is 215 Å². The summed E-state index contributed by atoms with van der Waals surface area (Å²) >= 11 is 0. The molecule has 1 aliphatic rings. The van der Waals surface area contributed by atoms with E-state index in [0.29, 0.717) is 42.0 Å². The lowest BCUT2D eigenvalue weighted by Gasteiger charge is -2.33. The van der Waals surface area contributed by atoms with Crippen LogP contribution in [0.15, 0.2) is 42.6 Å². The topological polar surface area (TPSA) is 80.4 Å². The number of carbonyl (C=O) groups excluding carboxylic acids is 1. The van der Waals surface area contributed by atoms with Crippen LogP contribution in [0.25, 0.3) is 22.4 Å². The number of hydrogen-bond acceptors (Lipinski definition) is 5. The summed E-state index contributed by atoms with van der Waals surface area (Å²) in [4.78, 5) is 14.1. The van der Waals surface area contributed by atoms with E-state index in [0.717, 1.165) is 12.8 Å². The molecule has 2 aromatic carbocycles. The molecule has 0 radical (unpaired) electrons. The Morgan fingerprint density at radius 2 is 1.78 bits per heavy atom. The number of likely N-dealkylation sites (tertiary alicyclic amines) is 1. The van der Waals surface area contributed by atoms with Gasteiger partial charge in [0.15, 0.2) is 11.6 Å². The number of amides is 1. The Balaban J connectivity index is 1.59. The van der Waals surface area contributed by atoms with Crippen molar-refractivity contribution in [3.63, 3.8) is 0 Å². The summed E-state index contributed by atoms with van der Waals surface area (Å²) in [5, 5.41) is 13.8.